The molecule has 0 amide bonds. The van der Waals surface area contributed by atoms with E-state index in [1.807, 2.05) is 0 Å². The van der Waals surface area contributed by atoms with Crippen molar-refractivity contribution in [3.8, 4) is 11.3 Å². The number of aryl methyl sites for hydroxylation is 1. The number of fused-ring (bicyclic) bond motifs is 1. The maximum Gasteiger partial charge on any atom is 0.415 e. The predicted molar refractivity (Wildman–Crippen MR) is 106 cm³/mol. The van der Waals surface area contributed by atoms with Crippen LogP contribution in [0.5, 0.6) is 0 Å². The third kappa shape index (κ3) is 4.48. The zero-order chi connectivity index (χ0) is 22.0. The number of pyridine rings is 1. The summed E-state index contributed by atoms with van der Waals surface area (Å²) in [6.45, 7) is 1.47. The third-order valence-corrected chi connectivity index (χ3v) is 4.59. The van der Waals surface area contributed by atoms with Crippen molar-refractivity contribution in [2.75, 3.05) is 11.9 Å². The predicted octanol–water partition coefficient (Wildman–Crippen LogP) is 3.17. The zero-order valence-electron chi connectivity index (χ0n) is 16.7. The Hall–Kier alpha value is -3.54. The Morgan fingerprint density at radius 3 is 2.71 bits per heavy atom. The molecule has 0 aliphatic rings. The Morgan fingerprint density at radius 1 is 1.16 bits per heavy atom. The maximum atomic E-state index is 13.2. The Kier molecular flexibility index (Phi) is 5.55. The van der Waals surface area contributed by atoms with Crippen molar-refractivity contribution in [1.29, 1.82) is 0 Å². The number of nitrogens with one attached hydrogen (secondary N) is 1. The van der Waals surface area contributed by atoms with Gasteiger partial charge in [-0.25, -0.2) is 9.97 Å². The minimum atomic E-state index is -4.49. The number of nitrogens with zero attached hydrogens (tertiary/aromatic N) is 7. The van der Waals surface area contributed by atoms with Crippen LogP contribution in [0, 0.1) is 0 Å². The van der Waals surface area contributed by atoms with Crippen LogP contribution in [-0.2, 0) is 18.2 Å². The summed E-state index contributed by atoms with van der Waals surface area (Å²) in [5.74, 6) is 1.27. The molecule has 4 aromatic rings. The second kappa shape index (κ2) is 8.30. The number of halogens is 3. The van der Waals surface area contributed by atoms with Crippen LogP contribution in [0.4, 0.5) is 24.9 Å². The third-order valence-electron chi connectivity index (χ3n) is 4.59. The van der Waals surface area contributed by atoms with E-state index >= 15 is 0 Å². The summed E-state index contributed by atoms with van der Waals surface area (Å²) < 4.78 is 47.5. The molecule has 0 aliphatic heterocycles. The molecule has 0 saturated heterocycles. The molecule has 1 atom stereocenters. The molecule has 162 valence electrons. The number of hydrogen-bond acceptors (Lipinski definition) is 7. The van der Waals surface area contributed by atoms with Crippen LogP contribution in [-0.4, -0.2) is 53.2 Å². The van der Waals surface area contributed by atoms with Crippen molar-refractivity contribution in [3.63, 3.8) is 0 Å². The highest BCUT2D eigenvalue weighted by Gasteiger charge is 2.41. The van der Waals surface area contributed by atoms with Crippen LogP contribution in [0.1, 0.15) is 12.7 Å². The minimum absolute atomic E-state index is 0.0477. The maximum absolute atomic E-state index is 13.2. The van der Waals surface area contributed by atoms with Crippen molar-refractivity contribution < 1.29 is 17.9 Å². The lowest BCUT2D eigenvalue weighted by atomic mass is 10.2. The second-order valence-corrected chi connectivity index (χ2v) is 6.68. The van der Waals surface area contributed by atoms with Gasteiger partial charge in [-0.05, 0) is 25.1 Å². The highest BCUT2D eigenvalue weighted by molar-refractivity contribution is 5.65. The minimum Gasteiger partial charge on any atom is -0.369 e. The molecular weight excluding hydrogens is 413 g/mol. The van der Waals surface area contributed by atoms with Gasteiger partial charge in [0.25, 0.3) is 0 Å². The fraction of sp³-hybridized carbons (Fsp3) is 0.316. The topological polar surface area (TPSA) is 95.0 Å². The number of hydrogen-bond donors (Lipinski definition) is 1. The summed E-state index contributed by atoms with van der Waals surface area (Å²) in [4.78, 5) is 8.69. The Balaban J connectivity index is 1.59. The van der Waals surface area contributed by atoms with Gasteiger partial charge in [-0.2, -0.15) is 18.3 Å². The van der Waals surface area contributed by atoms with Gasteiger partial charge >= 0.3 is 6.18 Å². The smallest absolute Gasteiger partial charge is 0.369 e. The van der Waals surface area contributed by atoms with E-state index in [0.717, 1.165) is 11.4 Å². The van der Waals surface area contributed by atoms with Gasteiger partial charge in [-0.3, -0.25) is 9.08 Å². The SMILES string of the molecule is CCOC(Cc1nnc2cc(-c3ccnc(Nc4ccnn4C)n3)ccn12)C(F)(F)F. The molecule has 0 fully saturated rings. The van der Waals surface area contributed by atoms with E-state index in [9.17, 15) is 13.2 Å². The monoisotopic (exact) mass is 432 g/mol. The standard InChI is InChI=1S/C19H19F3N8O/c1-3-31-14(19(20,21)22)11-17-28-27-16-10-12(6-9-30(16)17)13-4-7-23-18(25-13)26-15-5-8-24-29(15)2/h4-10,14H,3,11H2,1-2H3,(H,23,25,26). The number of ether oxygens (including phenoxy) is 1. The first-order valence-corrected chi connectivity index (χ1v) is 9.45. The van der Waals surface area contributed by atoms with Gasteiger partial charge < -0.3 is 10.1 Å². The lowest BCUT2D eigenvalue weighted by Crippen LogP contribution is -2.34. The molecular formula is C19H19F3N8O. The quantitative estimate of drug-likeness (QED) is 0.479. The molecule has 1 N–H and O–H groups in total. The van der Waals surface area contributed by atoms with Gasteiger partial charge in [0.1, 0.15) is 11.6 Å². The van der Waals surface area contributed by atoms with Crippen LogP contribution < -0.4 is 5.32 Å². The fourth-order valence-electron chi connectivity index (χ4n) is 3.07. The van der Waals surface area contributed by atoms with E-state index in [1.54, 1.807) is 54.6 Å². The molecule has 0 saturated carbocycles. The summed E-state index contributed by atoms with van der Waals surface area (Å²) in [7, 11) is 1.79. The van der Waals surface area contributed by atoms with Crippen LogP contribution in [0.15, 0.2) is 42.9 Å². The highest BCUT2D eigenvalue weighted by atomic mass is 19.4. The van der Waals surface area contributed by atoms with Gasteiger partial charge in [0.2, 0.25) is 5.95 Å². The van der Waals surface area contributed by atoms with E-state index in [2.05, 4.69) is 30.6 Å². The number of alkyl halides is 3. The summed E-state index contributed by atoms with van der Waals surface area (Å²) in [5.41, 5.74) is 1.75. The molecule has 4 heterocycles. The molecule has 1 unspecified atom stereocenters. The molecule has 0 bridgehead atoms. The molecule has 12 heteroatoms. The van der Waals surface area contributed by atoms with Crippen LogP contribution >= 0.6 is 0 Å². The van der Waals surface area contributed by atoms with Crippen LogP contribution in [0.3, 0.4) is 0 Å². The fourth-order valence-corrected chi connectivity index (χ4v) is 3.07. The molecule has 0 aromatic carbocycles. The molecule has 0 radical (unpaired) electrons. The van der Waals surface area contributed by atoms with Crippen molar-refractivity contribution in [2.45, 2.75) is 25.6 Å². The molecule has 0 aliphatic carbocycles. The second-order valence-electron chi connectivity index (χ2n) is 6.68. The first kappa shape index (κ1) is 20.7. The largest absolute Gasteiger partial charge is 0.415 e. The van der Waals surface area contributed by atoms with Gasteiger partial charge in [-0.15, -0.1) is 10.2 Å². The summed E-state index contributed by atoms with van der Waals surface area (Å²) in [6, 6.07) is 6.96. The zero-order valence-corrected chi connectivity index (χ0v) is 16.7. The Labute approximate surface area is 174 Å². The molecule has 4 rings (SSSR count). The molecule has 31 heavy (non-hydrogen) atoms. The van der Waals surface area contributed by atoms with E-state index in [4.69, 9.17) is 4.74 Å². The summed E-state index contributed by atoms with van der Waals surface area (Å²) in [6.07, 6.45) is -1.97. The first-order valence-electron chi connectivity index (χ1n) is 9.45. The van der Waals surface area contributed by atoms with E-state index in [1.165, 1.54) is 11.3 Å². The van der Waals surface area contributed by atoms with Crippen molar-refractivity contribution in [1.82, 2.24) is 34.3 Å². The first-order chi connectivity index (χ1) is 14.8. The average molecular weight is 432 g/mol. The van der Waals surface area contributed by atoms with Crippen LogP contribution in [0.2, 0.25) is 0 Å². The molecule has 4 aromatic heterocycles. The Morgan fingerprint density at radius 2 is 2.00 bits per heavy atom. The van der Waals surface area contributed by atoms with E-state index < -0.39 is 18.7 Å². The number of anilines is 2. The van der Waals surface area contributed by atoms with Crippen LogP contribution in [0.25, 0.3) is 16.9 Å². The van der Waals surface area contributed by atoms with Gasteiger partial charge in [0.15, 0.2) is 11.8 Å². The number of aromatic nitrogens is 7. The van der Waals surface area contributed by atoms with Gasteiger partial charge in [-0.1, -0.05) is 0 Å². The van der Waals surface area contributed by atoms with Gasteiger partial charge in [0.05, 0.1) is 11.9 Å². The van der Waals surface area contributed by atoms with E-state index in [0.29, 0.717) is 17.3 Å². The van der Waals surface area contributed by atoms with Crippen molar-refractivity contribution >= 4 is 17.4 Å². The average Bonchev–Trinajstić information content (AvgIpc) is 3.33. The molecule has 9 nitrogen and oxygen atoms in total. The summed E-state index contributed by atoms with van der Waals surface area (Å²) >= 11 is 0. The summed E-state index contributed by atoms with van der Waals surface area (Å²) in [5, 5.41) is 15.1. The molecule has 0 spiro atoms. The normalized spacial score (nSPS) is 12.9. The Bertz CT molecular complexity index is 1190. The lowest BCUT2D eigenvalue weighted by Gasteiger charge is -2.19. The van der Waals surface area contributed by atoms with Gasteiger partial charge in [0, 0.05) is 44.1 Å². The number of rotatable bonds is 7. The highest BCUT2D eigenvalue weighted by Crippen LogP contribution is 2.26. The lowest BCUT2D eigenvalue weighted by molar-refractivity contribution is -0.219. The van der Waals surface area contributed by atoms with E-state index in [-0.39, 0.29) is 12.4 Å². The van der Waals surface area contributed by atoms with Crippen molar-refractivity contribution in [2.24, 2.45) is 7.05 Å². The van der Waals surface area contributed by atoms with Crippen molar-refractivity contribution in [3.05, 3.63) is 48.7 Å².